The van der Waals surface area contributed by atoms with Crippen molar-refractivity contribution in [1.29, 1.82) is 0 Å². The van der Waals surface area contributed by atoms with Gasteiger partial charge in [-0.15, -0.1) is 0 Å². The summed E-state index contributed by atoms with van der Waals surface area (Å²) in [5.41, 5.74) is 1.44. The number of hydrogen-bond acceptors (Lipinski definition) is 5. The fraction of sp³-hybridized carbons (Fsp3) is 0.167. The first-order valence-corrected chi connectivity index (χ1v) is 9.54. The van der Waals surface area contributed by atoms with E-state index in [1.54, 1.807) is 60.7 Å². The lowest BCUT2D eigenvalue weighted by molar-refractivity contribution is -0.118. The maximum Gasteiger partial charge on any atom is 0.262 e. The van der Waals surface area contributed by atoms with Crippen molar-refractivity contribution >= 4 is 17.4 Å². The van der Waals surface area contributed by atoms with E-state index in [2.05, 4.69) is 5.32 Å². The highest BCUT2D eigenvalue weighted by Crippen LogP contribution is 2.28. The van der Waals surface area contributed by atoms with Crippen LogP contribution in [0.25, 0.3) is 0 Å². The second-order valence-electron chi connectivity index (χ2n) is 6.32. The topological polar surface area (TPSA) is 73.9 Å². The van der Waals surface area contributed by atoms with Crippen molar-refractivity contribution < 1.29 is 23.8 Å². The van der Waals surface area contributed by atoms with Crippen LogP contribution in [-0.4, -0.2) is 32.0 Å². The molecule has 0 saturated heterocycles. The summed E-state index contributed by atoms with van der Waals surface area (Å²) in [7, 11) is 1.52. The van der Waals surface area contributed by atoms with Gasteiger partial charge in [0.15, 0.2) is 12.4 Å². The van der Waals surface area contributed by atoms with Crippen molar-refractivity contribution in [3.8, 4) is 17.2 Å². The molecule has 0 heterocycles. The average molecular weight is 405 g/mol. The van der Waals surface area contributed by atoms with Gasteiger partial charge in [0.25, 0.3) is 5.91 Å². The first-order valence-electron chi connectivity index (χ1n) is 9.54. The average Bonchev–Trinajstić information content (AvgIpc) is 2.79. The Labute approximate surface area is 175 Å². The van der Waals surface area contributed by atoms with Crippen LogP contribution < -0.4 is 19.5 Å². The van der Waals surface area contributed by atoms with E-state index in [9.17, 15) is 9.59 Å². The number of carbonyl (C=O) groups excluding carboxylic acids is 2. The molecule has 0 atom stereocenters. The summed E-state index contributed by atoms with van der Waals surface area (Å²) in [6.45, 7) is 2.08. The van der Waals surface area contributed by atoms with E-state index in [-0.39, 0.29) is 24.0 Å². The molecule has 0 aliphatic rings. The molecule has 6 heteroatoms. The number of nitrogens with one attached hydrogen (secondary N) is 1. The summed E-state index contributed by atoms with van der Waals surface area (Å²) in [4.78, 5) is 25.3. The highest BCUT2D eigenvalue weighted by molar-refractivity contribution is 6.10. The van der Waals surface area contributed by atoms with Gasteiger partial charge in [-0.1, -0.05) is 42.5 Å². The van der Waals surface area contributed by atoms with E-state index >= 15 is 0 Å². The lowest BCUT2D eigenvalue weighted by Gasteiger charge is -2.14. The van der Waals surface area contributed by atoms with Crippen molar-refractivity contribution in [1.82, 2.24) is 0 Å². The van der Waals surface area contributed by atoms with Crippen molar-refractivity contribution in [2.24, 2.45) is 0 Å². The van der Waals surface area contributed by atoms with Gasteiger partial charge >= 0.3 is 0 Å². The van der Waals surface area contributed by atoms with Crippen LogP contribution in [-0.2, 0) is 4.79 Å². The molecule has 0 bridgehead atoms. The Balaban J connectivity index is 1.76. The van der Waals surface area contributed by atoms with Gasteiger partial charge in [0, 0.05) is 11.6 Å². The number of carbonyl (C=O) groups is 2. The quantitative estimate of drug-likeness (QED) is 0.536. The molecule has 0 aliphatic heterocycles. The monoisotopic (exact) mass is 405 g/mol. The summed E-state index contributed by atoms with van der Waals surface area (Å²) < 4.78 is 16.4. The third kappa shape index (κ3) is 5.17. The minimum absolute atomic E-state index is 0.199. The number of methoxy groups -OCH3 is 1. The molecule has 0 spiro atoms. The lowest BCUT2D eigenvalue weighted by atomic mass is 10.0. The molecule has 30 heavy (non-hydrogen) atoms. The van der Waals surface area contributed by atoms with Gasteiger partial charge in [0.1, 0.15) is 17.2 Å². The van der Waals surface area contributed by atoms with Crippen LogP contribution in [0.15, 0.2) is 72.8 Å². The van der Waals surface area contributed by atoms with Crippen LogP contribution in [0.5, 0.6) is 17.2 Å². The molecule has 3 aromatic carbocycles. The summed E-state index contributed by atoms with van der Waals surface area (Å²) in [6, 6.07) is 20.9. The zero-order valence-corrected chi connectivity index (χ0v) is 16.9. The number of anilines is 1. The van der Waals surface area contributed by atoms with Gasteiger partial charge in [-0.3, -0.25) is 9.59 Å². The van der Waals surface area contributed by atoms with Crippen LogP contribution in [0.2, 0.25) is 0 Å². The standard InChI is InChI=1S/C24H23NO5/c1-3-29-21-12-8-7-11-20(21)25-23(26)16-30-22-15-18(28-2)13-14-19(22)24(27)17-9-5-4-6-10-17/h4-15H,3,16H2,1-2H3,(H,25,26). The molecule has 154 valence electrons. The molecular weight excluding hydrogens is 382 g/mol. The minimum Gasteiger partial charge on any atom is -0.497 e. The van der Waals surface area contributed by atoms with E-state index in [0.717, 1.165) is 0 Å². The van der Waals surface area contributed by atoms with Gasteiger partial charge in [-0.2, -0.15) is 0 Å². The summed E-state index contributed by atoms with van der Waals surface area (Å²) >= 11 is 0. The fourth-order valence-corrected chi connectivity index (χ4v) is 2.86. The Hall–Kier alpha value is -3.80. The molecule has 0 radical (unpaired) electrons. The SMILES string of the molecule is CCOc1ccccc1NC(=O)COc1cc(OC)ccc1C(=O)c1ccccc1. The van der Waals surface area contributed by atoms with E-state index < -0.39 is 0 Å². The number of ether oxygens (including phenoxy) is 3. The summed E-state index contributed by atoms with van der Waals surface area (Å²) in [5, 5.41) is 2.77. The molecule has 0 fully saturated rings. The summed E-state index contributed by atoms with van der Waals surface area (Å²) in [6.07, 6.45) is 0. The lowest BCUT2D eigenvalue weighted by Crippen LogP contribution is -2.21. The third-order valence-electron chi connectivity index (χ3n) is 4.29. The molecule has 1 amide bonds. The first-order chi connectivity index (χ1) is 14.6. The van der Waals surface area contributed by atoms with Gasteiger partial charge < -0.3 is 19.5 Å². The summed E-state index contributed by atoms with van der Waals surface area (Å²) in [5.74, 6) is 0.807. The van der Waals surface area contributed by atoms with Crippen LogP contribution in [0.1, 0.15) is 22.8 Å². The van der Waals surface area contributed by atoms with Crippen molar-refractivity contribution in [2.45, 2.75) is 6.92 Å². The Morgan fingerprint density at radius 2 is 1.60 bits per heavy atom. The number of hydrogen-bond donors (Lipinski definition) is 1. The maximum absolute atomic E-state index is 12.9. The Bertz CT molecular complexity index is 1020. The number of ketones is 1. The fourth-order valence-electron chi connectivity index (χ4n) is 2.86. The normalized spacial score (nSPS) is 10.2. The van der Waals surface area contributed by atoms with Crippen LogP contribution in [0.3, 0.4) is 0 Å². The van der Waals surface area contributed by atoms with Gasteiger partial charge in [0.2, 0.25) is 0 Å². The Morgan fingerprint density at radius 1 is 0.867 bits per heavy atom. The van der Waals surface area contributed by atoms with E-state index in [0.29, 0.717) is 34.9 Å². The maximum atomic E-state index is 12.9. The number of amides is 1. The smallest absolute Gasteiger partial charge is 0.262 e. The molecule has 3 aromatic rings. The van der Waals surface area contributed by atoms with Crippen molar-refractivity contribution in [3.05, 3.63) is 83.9 Å². The molecular formula is C24H23NO5. The predicted octanol–water partition coefficient (Wildman–Crippen LogP) is 4.34. The largest absolute Gasteiger partial charge is 0.497 e. The van der Waals surface area contributed by atoms with Crippen LogP contribution >= 0.6 is 0 Å². The predicted molar refractivity (Wildman–Crippen MR) is 115 cm³/mol. The molecule has 0 saturated carbocycles. The first kappa shape index (κ1) is 20.9. The molecule has 0 aliphatic carbocycles. The Morgan fingerprint density at radius 3 is 2.33 bits per heavy atom. The molecule has 0 unspecified atom stereocenters. The minimum atomic E-state index is -0.372. The molecule has 3 rings (SSSR count). The van der Waals surface area contributed by atoms with Gasteiger partial charge in [-0.25, -0.2) is 0 Å². The molecule has 6 nitrogen and oxygen atoms in total. The zero-order valence-electron chi connectivity index (χ0n) is 16.9. The van der Waals surface area contributed by atoms with E-state index in [4.69, 9.17) is 14.2 Å². The second kappa shape index (κ2) is 10.1. The highest BCUT2D eigenvalue weighted by atomic mass is 16.5. The highest BCUT2D eigenvalue weighted by Gasteiger charge is 2.17. The van der Waals surface area contributed by atoms with E-state index in [1.807, 2.05) is 19.1 Å². The van der Waals surface area contributed by atoms with Crippen molar-refractivity contribution in [2.75, 3.05) is 25.6 Å². The van der Waals surface area contributed by atoms with Gasteiger partial charge in [0.05, 0.1) is 25.0 Å². The number of para-hydroxylation sites is 2. The van der Waals surface area contributed by atoms with Gasteiger partial charge in [-0.05, 0) is 31.2 Å². The Kier molecular flexibility index (Phi) is 7.05. The third-order valence-corrected chi connectivity index (χ3v) is 4.29. The molecule has 1 N–H and O–H groups in total. The molecule has 0 aromatic heterocycles. The second-order valence-corrected chi connectivity index (χ2v) is 6.32. The van der Waals surface area contributed by atoms with Crippen LogP contribution in [0, 0.1) is 0 Å². The van der Waals surface area contributed by atoms with Crippen molar-refractivity contribution in [3.63, 3.8) is 0 Å². The zero-order chi connectivity index (χ0) is 21.3. The number of benzene rings is 3. The van der Waals surface area contributed by atoms with E-state index in [1.165, 1.54) is 7.11 Å². The van der Waals surface area contributed by atoms with Crippen LogP contribution in [0.4, 0.5) is 5.69 Å². The number of rotatable bonds is 9.